The van der Waals surface area contributed by atoms with Gasteiger partial charge in [-0.05, 0) is 42.7 Å². The van der Waals surface area contributed by atoms with Gasteiger partial charge in [0, 0.05) is 9.79 Å². The molecule has 0 aliphatic carbocycles. The Balaban J connectivity index is 0.000000211. The lowest BCUT2D eigenvalue weighted by molar-refractivity contribution is 0.372. The van der Waals surface area contributed by atoms with E-state index < -0.39 is 0 Å². The van der Waals surface area contributed by atoms with E-state index in [0.717, 1.165) is 9.79 Å². The van der Waals surface area contributed by atoms with Gasteiger partial charge in [-0.15, -0.1) is 24.4 Å². The third-order valence-corrected chi connectivity index (χ3v) is 3.55. The van der Waals surface area contributed by atoms with Gasteiger partial charge in [0.15, 0.2) is 23.0 Å². The van der Waals surface area contributed by atoms with E-state index in [4.69, 9.17) is 14.6 Å². The van der Waals surface area contributed by atoms with Gasteiger partial charge < -0.3 is 19.7 Å². The lowest BCUT2D eigenvalue weighted by Crippen LogP contribution is -1.83. The van der Waals surface area contributed by atoms with E-state index in [1.807, 2.05) is 12.3 Å². The van der Waals surface area contributed by atoms with E-state index in [1.54, 1.807) is 49.2 Å². The first-order valence-corrected chi connectivity index (χ1v) is 7.66. The highest BCUT2D eigenvalue weighted by Crippen LogP contribution is 2.29. The zero-order chi connectivity index (χ0) is 15.8. The Bertz CT molecular complexity index is 588. The summed E-state index contributed by atoms with van der Waals surface area (Å²) in [5, 5.41) is 18.3. The van der Waals surface area contributed by atoms with Crippen molar-refractivity contribution < 1.29 is 19.7 Å². The number of rotatable bonds is 3. The Morgan fingerprint density at radius 3 is 1.90 bits per heavy atom. The first-order valence-electron chi connectivity index (χ1n) is 5.98. The van der Waals surface area contributed by atoms with Crippen molar-refractivity contribution in [3.05, 3.63) is 36.4 Å². The maximum Gasteiger partial charge on any atom is 0.161 e. The number of thioether (sulfide) groups is 1. The smallest absolute Gasteiger partial charge is 0.161 e. The molecule has 21 heavy (non-hydrogen) atoms. The molecule has 0 aliphatic heterocycles. The van der Waals surface area contributed by atoms with Crippen molar-refractivity contribution in [3.8, 4) is 23.0 Å². The van der Waals surface area contributed by atoms with E-state index in [-0.39, 0.29) is 11.5 Å². The second kappa shape index (κ2) is 8.59. The van der Waals surface area contributed by atoms with Gasteiger partial charge in [-0.3, -0.25) is 0 Å². The molecule has 0 radical (unpaired) electrons. The average Bonchev–Trinajstić information content (AvgIpc) is 2.51. The third kappa shape index (κ3) is 5.32. The van der Waals surface area contributed by atoms with Crippen molar-refractivity contribution in [1.82, 2.24) is 0 Å². The monoisotopic (exact) mass is 326 g/mol. The summed E-state index contributed by atoms with van der Waals surface area (Å²) in [4.78, 5) is 1.86. The number of methoxy groups -OCH3 is 2. The Labute approximate surface area is 134 Å². The van der Waals surface area contributed by atoms with Crippen LogP contribution >= 0.6 is 24.4 Å². The predicted molar refractivity (Wildman–Crippen MR) is 88.4 cm³/mol. The third-order valence-electron chi connectivity index (χ3n) is 2.55. The van der Waals surface area contributed by atoms with Crippen molar-refractivity contribution in [2.75, 3.05) is 20.5 Å². The fourth-order valence-electron chi connectivity index (χ4n) is 1.45. The Hall–Kier alpha value is -1.66. The summed E-state index contributed by atoms with van der Waals surface area (Å²) in [6, 6.07) is 10.2. The number of aromatic hydroxyl groups is 2. The number of benzene rings is 2. The molecule has 2 rings (SSSR count). The van der Waals surface area contributed by atoms with Crippen LogP contribution in [0.1, 0.15) is 0 Å². The maximum absolute atomic E-state index is 9.20. The van der Waals surface area contributed by atoms with Crippen LogP contribution in [-0.2, 0) is 0 Å². The number of phenolic OH excluding ortho intramolecular Hbond substituents is 2. The molecular weight excluding hydrogens is 308 g/mol. The standard InChI is InChI=1S/C8H10O2S.C7H8O2S/c1-10-8-5-6(11-2)3-4-7(8)9;1-9-7-4-5(10)2-3-6(7)8/h3-5,9H,1-2H3;2-4,8,10H,1H3. The molecule has 0 saturated heterocycles. The molecule has 0 spiro atoms. The SMILES string of the molecule is COc1cc(S)ccc1O.COc1cc(SC)ccc1O. The number of hydrogen-bond acceptors (Lipinski definition) is 6. The molecule has 2 aromatic rings. The van der Waals surface area contributed by atoms with E-state index >= 15 is 0 Å². The van der Waals surface area contributed by atoms with Crippen LogP contribution in [0.3, 0.4) is 0 Å². The molecule has 0 aliphatic rings. The van der Waals surface area contributed by atoms with Gasteiger partial charge >= 0.3 is 0 Å². The van der Waals surface area contributed by atoms with Gasteiger partial charge in [0.2, 0.25) is 0 Å². The highest BCUT2D eigenvalue weighted by Gasteiger charge is 2.00. The second-order valence-corrected chi connectivity index (χ2v) is 5.29. The predicted octanol–water partition coefficient (Wildman–Crippen LogP) is 3.81. The van der Waals surface area contributed by atoms with Crippen LogP contribution in [0.2, 0.25) is 0 Å². The Morgan fingerprint density at radius 2 is 1.43 bits per heavy atom. The molecule has 0 fully saturated rings. The van der Waals surface area contributed by atoms with Crippen molar-refractivity contribution in [2.24, 2.45) is 0 Å². The molecule has 0 amide bonds. The van der Waals surface area contributed by atoms with Gasteiger partial charge in [0.25, 0.3) is 0 Å². The van der Waals surface area contributed by atoms with Gasteiger partial charge in [-0.25, -0.2) is 0 Å². The molecule has 0 aromatic heterocycles. The summed E-state index contributed by atoms with van der Waals surface area (Å²) in [5.74, 6) is 1.30. The lowest BCUT2D eigenvalue weighted by Gasteiger charge is -2.03. The molecule has 0 saturated carbocycles. The zero-order valence-electron chi connectivity index (χ0n) is 12.0. The second-order valence-electron chi connectivity index (χ2n) is 3.89. The van der Waals surface area contributed by atoms with Gasteiger partial charge in [0.05, 0.1) is 14.2 Å². The van der Waals surface area contributed by atoms with Crippen molar-refractivity contribution in [2.45, 2.75) is 9.79 Å². The molecule has 4 nitrogen and oxygen atoms in total. The summed E-state index contributed by atoms with van der Waals surface area (Å²) >= 11 is 5.68. The molecule has 2 aromatic carbocycles. The highest BCUT2D eigenvalue weighted by atomic mass is 32.2. The number of hydrogen-bond donors (Lipinski definition) is 3. The molecular formula is C15H18O4S2. The average molecular weight is 326 g/mol. The molecule has 0 bridgehead atoms. The van der Waals surface area contributed by atoms with Crippen molar-refractivity contribution >= 4 is 24.4 Å². The topological polar surface area (TPSA) is 58.9 Å². The Kier molecular flexibility index (Phi) is 7.11. The maximum atomic E-state index is 9.20. The molecule has 2 N–H and O–H groups in total. The summed E-state index contributed by atoms with van der Waals surface area (Å²) in [6.07, 6.45) is 1.98. The van der Waals surface area contributed by atoms with E-state index in [9.17, 15) is 5.11 Å². The van der Waals surface area contributed by atoms with Crippen molar-refractivity contribution in [3.63, 3.8) is 0 Å². The normalized spacial score (nSPS) is 9.52. The Morgan fingerprint density at radius 1 is 0.905 bits per heavy atom. The van der Waals surface area contributed by atoms with Gasteiger partial charge in [-0.1, -0.05) is 0 Å². The van der Waals surface area contributed by atoms with Crippen LogP contribution < -0.4 is 9.47 Å². The fraction of sp³-hybridized carbons (Fsp3) is 0.200. The first kappa shape index (κ1) is 17.4. The summed E-state index contributed by atoms with van der Waals surface area (Å²) in [5.41, 5.74) is 0. The summed E-state index contributed by atoms with van der Waals surface area (Å²) in [6.45, 7) is 0. The van der Waals surface area contributed by atoms with E-state index in [0.29, 0.717) is 11.5 Å². The minimum Gasteiger partial charge on any atom is -0.504 e. The molecule has 6 heteroatoms. The molecule has 0 heterocycles. The van der Waals surface area contributed by atoms with Gasteiger partial charge in [0.1, 0.15) is 0 Å². The highest BCUT2D eigenvalue weighted by molar-refractivity contribution is 7.98. The quantitative estimate of drug-likeness (QED) is 0.591. The molecule has 0 unspecified atom stereocenters. The van der Waals surface area contributed by atoms with Crippen LogP contribution in [0, 0.1) is 0 Å². The minimum absolute atomic E-state index is 0.139. The van der Waals surface area contributed by atoms with Crippen LogP contribution in [-0.4, -0.2) is 30.7 Å². The van der Waals surface area contributed by atoms with Crippen LogP contribution in [0.5, 0.6) is 23.0 Å². The van der Waals surface area contributed by atoms with Crippen LogP contribution in [0.25, 0.3) is 0 Å². The number of ether oxygens (including phenoxy) is 2. The minimum atomic E-state index is 0.139. The van der Waals surface area contributed by atoms with Crippen LogP contribution in [0.15, 0.2) is 46.2 Å². The van der Waals surface area contributed by atoms with Crippen molar-refractivity contribution in [1.29, 1.82) is 0 Å². The summed E-state index contributed by atoms with van der Waals surface area (Å²) < 4.78 is 9.75. The largest absolute Gasteiger partial charge is 0.504 e. The number of thiol groups is 1. The number of phenols is 2. The lowest BCUT2D eigenvalue weighted by atomic mass is 10.3. The summed E-state index contributed by atoms with van der Waals surface area (Å²) in [7, 11) is 3.04. The van der Waals surface area contributed by atoms with E-state index in [1.165, 1.54) is 7.11 Å². The van der Waals surface area contributed by atoms with Crippen LogP contribution in [0.4, 0.5) is 0 Å². The van der Waals surface area contributed by atoms with E-state index in [2.05, 4.69) is 12.6 Å². The molecule has 0 atom stereocenters. The molecule has 114 valence electrons. The van der Waals surface area contributed by atoms with Gasteiger partial charge in [-0.2, -0.15) is 0 Å². The first-order chi connectivity index (χ1) is 10.0. The fourth-order valence-corrected chi connectivity index (χ4v) is 2.07. The zero-order valence-corrected chi connectivity index (χ0v) is 13.7.